The van der Waals surface area contributed by atoms with Gasteiger partial charge in [-0.05, 0) is 62.0 Å². The molecule has 0 bridgehead atoms. The van der Waals surface area contributed by atoms with Crippen LogP contribution < -0.4 is 10.6 Å². The standard InChI is InChI=1S/C40H28N4O/c1-2-9-29-23-30(20-15-25(29)7-1)39-42-38(28-18-16-27(17-19-28)32-12-5-10-26-8-3-4-11-31(26)32)43-40(44-39)33-13-6-14-36-37(33)34-24-41-22-21-35(34)45-36/h1-24,38-39,42H,(H,43,44). The molecular formula is C40H28N4O. The maximum absolute atomic E-state index is 6.20. The molecular weight excluding hydrogens is 552 g/mol. The summed E-state index contributed by atoms with van der Waals surface area (Å²) in [5.41, 5.74) is 7.26. The van der Waals surface area contributed by atoms with Crippen LogP contribution in [0.2, 0.25) is 0 Å². The minimum atomic E-state index is -0.272. The molecule has 2 unspecified atom stereocenters. The summed E-state index contributed by atoms with van der Waals surface area (Å²) in [6.07, 6.45) is 3.19. The normalized spacial score (nSPS) is 16.7. The quantitative estimate of drug-likeness (QED) is 0.218. The zero-order chi connectivity index (χ0) is 29.7. The van der Waals surface area contributed by atoms with Crippen LogP contribution in [0.5, 0.6) is 0 Å². The summed E-state index contributed by atoms with van der Waals surface area (Å²) >= 11 is 0. The third-order valence-corrected chi connectivity index (χ3v) is 8.85. The smallest absolute Gasteiger partial charge is 0.138 e. The molecule has 0 spiro atoms. The average molecular weight is 581 g/mol. The lowest BCUT2D eigenvalue weighted by atomic mass is 9.97. The second-order valence-corrected chi connectivity index (χ2v) is 11.5. The highest BCUT2D eigenvalue weighted by Gasteiger charge is 2.27. The zero-order valence-electron chi connectivity index (χ0n) is 24.3. The lowest BCUT2D eigenvalue weighted by molar-refractivity contribution is 0.409. The second-order valence-electron chi connectivity index (χ2n) is 11.5. The van der Waals surface area contributed by atoms with Crippen LogP contribution in [0.15, 0.2) is 155 Å². The maximum atomic E-state index is 6.20. The number of aromatic nitrogens is 1. The third-order valence-electron chi connectivity index (χ3n) is 8.85. The van der Waals surface area contributed by atoms with Gasteiger partial charge in [0.2, 0.25) is 0 Å². The first-order valence-corrected chi connectivity index (χ1v) is 15.2. The number of rotatable bonds is 4. The number of nitrogens with one attached hydrogen (secondary N) is 2. The molecule has 214 valence electrons. The molecule has 0 saturated heterocycles. The molecule has 0 amide bonds. The van der Waals surface area contributed by atoms with Crippen LogP contribution >= 0.6 is 0 Å². The predicted octanol–water partition coefficient (Wildman–Crippen LogP) is 9.29. The van der Waals surface area contributed by atoms with Gasteiger partial charge in [-0.2, -0.15) is 0 Å². The van der Waals surface area contributed by atoms with Gasteiger partial charge in [0, 0.05) is 28.7 Å². The number of benzene rings is 6. The van der Waals surface area contributed by atoms with Crippen LogP contribution in [-0.2, 0) is 0 Å². The summed E-state index contributed by atoms with van der Waals surface area (Å²) in [7, 11) is 0. The van der Waals surface area contributed by atoms with E-state index in [0.717, 1.165) is 44.5 Å². The van der Waals surface area contributed by atoms with E-state index in [1.165, 1.54) is 32.7 Å². The molecule has 9 rings (SSSR count). The monoisotopic (exact) mass is 580 g/mol. The molecule has 1 aliphatic heterocycles. The van der Waals surface area contributed by atoms with Crippen molar-refractivity contribution < 1.29 is 4.42 Å². The van der Waals surface area contributed by atoms with Gasteiger partial charge in [0.15, 0.2) is 0 Å². The number of pyridine rings is 1. The number of nitrogens with zero attached hydrogens (tertiary/aromatic N) is 2. The van der Waals surface area contributed by atoms with E-state index in [1.54, 1.807) is 6.20 Å². The van der Waals surface area contributed by atoms with E-state index in [1.807, 2.05) is 24.4 Å². The van der Waals surface area contributed by atoms with E-state index in [-0.39, 0.29) is 12.3 Å². The summed E-state index contributed by atoms with van der Waals surface area (Å²) in [5.74, 6) is 0.812. The van der Waals surface area contributed by atoms with Gasteiger partial charge in [-0.15, -0.1) is 0 Å². The van der Waals surface area contributed by atoms with E-state index in [4.69, 9.17) is 9.41 Å². The summed E-state index contributed by atoms with van der Waals surface area (Å²) in [6.45, 7) is 0. The summed E-state index contributed by atoms with van der Waals surface area (Å²) < 4.78 is 6.20. The highest BCUT2D eigenvalue weighted by Crippen LogP contribution is 2.35. The van der Waals surface area contributed by atoms with Crippen LogP contribution in [-0.4, -0.2) is 10.8 Å². The van der Waals surface area contributed by atoms with Crippen molar-refractivity contribution in [2.75, 3.05) is 0 Å². The van der Waals surface area contributed by atoms with Crippen LogP contribution in [0, 0.1) is 0 Å². The fourth-order valence-electron chi connectivity index (χ4n) is 6.62. The minimum Gasteiger partial charge on any atom is -0.456 e. The Hall–Kier alpha value is -5.78. The molecule has 0 radical (unpaired) electrons. The van der Waals surface area contributed by atoms with Crippen LogP contribution in [0.3, 0.4) is 0 Å². The first-order valence-electron chi connectivity index (χ1n) is 15.2. The third kappa shape index (κ3) is 4.44. The molecule has 0 aliphatic carbocycles. The van der Waals surface area contributed by atoms with Crippen LogP contribution in [0.1, 0.15) is 29.0 Å². The van der Waals surface area contributed by atoms with Crippen molar-refractivity contribution in [1.82, 2.24) is 15.6 Å². The van der Waals surface area contributed by atoms with Gasteiger partial charge in [0.1, 0.15) is 29.3 Å². The van der Waals surface area contributed by atoms with Crippen molar-refractivity contribution in [3.05, 3.63) is 163 Å². The summed E-state index contributed by atoms with van der Waals surface area (Å²) in [6, 6.07) is 46.9. The van der Waals surface area contributed by atoms with Gasteiger partial charge in [-0.3, -0.25) is 10.3 Å². The molecule has 0 fully saturated rings. The van der Waals surface area contributed by atoms with E-state index in [2.05, 4.69) is 131 Å². The molecule has 8 aromatic rings. The first kappa shape index (κ1) is 25.7. The first-order chi connectivity index (χ1) is 22.3. The molecule has 0 saturated carbocycles. The molecule has 2 aromatic heterocycles. The zero-order valence-corrected chi connectivity index (χ0v) is 24.3. The fraction of sp³-hybridized carbons (Fsp3) is 0.0500. The Morgan fingerprint density at radius 3 is 2.24 bits per heavy atom. The van der Waals surface area contributed by atoms with Crippen molar-refractivity contribution in [2.45, 2.75) is 12.3 Å². The van der Waals surface area contributed by atoms with Crippen molar-refractivity contribution in [3.63, 3.8) is 0 Å². The van der Waals surface area contributed by atoms with Crippen LogP contribution in [0.4, 0.5) is 0 Å². The second kappa shape index (κ2) is 10.4. The molecule has 5 heteroatoms. The van der Waals surface area contributed by atoms with Gasteiger partial charge in [-0.1, -0.05) is 115 Å². The van der Waals surface area contributed by atoms with Crippen molar-refractivity contribution in [2.24, 2.45) is 4.99 Å². The van der Waals surface area contributed by atoms with Gasteiger partial charge in [-0.25, -0.2) is 4.99 Å². The van der Waals surface area contributed by atoms with Crippen molar-refractivity contribution in [1.29, 1.82) is 0 Å². The SMILES string of the molecule is c1ccc2cc(C3NC(c4cccc5oc6ccncc6c45)=NC(c4ccc(-c5cccc6ccccc56)cc4)N3)ccc2c1. The highest BCUT2D eigenvalue weighted by molar-refractivity contribution is 6.17. The Balaban J connectivity index is 1.16. The molecule has 45 heavy (non-hydrogen) atoms. The lowest BCUT2D eigenvalue weighted by Crippen LogP contribution is -2.45. The number of furan rings is 1. The van der Waals surface area contributed by atoms with Crippen molar-refractivity contribution in [3.8, 4) is 11.1 Å². The van der Waals surface area contributed by atoms with Gasteiger partial charge in [0.05, 0.1) is 0 Å². The number of hydrogen-bond acceptors (Lipinski definition) is 5. The summed E-state index contributed by atoms with van der Waals surface area (Å²) in [5, 5.41) is 14.4. The predicted molar refractivity (Wildman–Crippen MR) is 183 cm³/mol. The van der Waals surface area contributed by atoms with E-state index in [9.17, 15) is 0 Å². The number of aliphatic imine (C=N–C) groups is 1. The minimum absolute atomic E-state index is 0.170. The Morgan fingerprint density at radius 1 is 0.578 bits per heavy atom. The van der Waals surface area contributed by atoms with E-state index >= 15 is 0 Å². The molecule has 1 aliphatic rings. The molecule has 3 heterocycles. The van der Waals surface area contributed by atoms with Crippen LogP contribution in [0.25, 0.3) is 54.6 Å². The summed E-state index contributed by atoms with van der Waals surface area (Å²) in [4.78, 5) is 9.68. The van der Waals surface area contributed by atoms with Crippen molar-refractivity contribution >= 4 is 49.3 Å². The van der Waals surface area contributed by atoms with Gasteiger partial charge in [0.25, 0.3) is 0 Å². The Morgan fingerprint density at radius 2 is 1.33 bits per heavy atom. The molecule has 6 aromatic carbocycles. The Bertz CT molecular complexity index is 2400. The highest BCUT2D eigenvalue weighted by atomic mass is 16.3. The fourth-order valence-corrected chi connectivity index (χ4v) is 6.62. The van der Waals surface area contributed by atoms with Gasteiger partial charge < -0.3 is 9.73 Å². The number of hydrogen-bond donors (Lipinski definition) is 2. The largest absolute Gasteiger partial charge is 0.456 e. The average Bonchev–Trinajstić information content (AvgIpc) is 3.50. The van der Waals surface area contributed by atoms with Gasteiger partial charge >= 0.3 is 0 Å². The lowest BCUT2D eigenvalue weighted by Gasteiger charge is -2.32. The number of amidine groups is 1. The Labute approximate surface area is 259 Å². The molecule has 2 N–H and O–H groups in total. The molecule has 2 atom stereocenters. The molecule has 5 nitrogen and oxygen atoms in total. The van der Waals surface area contributed by atoms with E-state index in [0.29, 0.717) is 0 Å². The van der Waals surface area contributed by atoms with E-state index < -0.39 is 0 Å². The maximum Gasteiger partial charge on any atom is 0.138 e. The topological polar surface area (TPSA) is 62.5 Å². The Kier molecular flexibility index (Phi) is 5.96. The number of fused-ring (bicyclic) bond motifs is 5.